The van der Waals surface area contributed by atoms with Crippen LogP contribution in [0.4, 0.5) is 0 Å². The van der Waals surface area contributed by atoms with Crippen LogP contribution in [0.15, 0.2) is 29.2 Å². The summed E-state index contributed by atoms with van der Waals surface area (Å²) >= 11 is 0. The van der Waals surface area contributed by atoms with Crippen LogP contribution in [0.3, 0.4) is 0 Å². The molecule has 1 unspecified atom stereocenters. The molecule has 0 spiro atoms. The fourth-order valence-electron chi connectivity index (χ4n) is 2.90. The zero-order chi connectivity index (χ0) is 14.6. The van der Waals surface area contributed by atoms with Gasteiger partial charge in [-0.1, -0.05) is 31.9 Å². The van der Waals surface area contributed by atoms with Gasteiger partial charge >= 0.3 is 0 Å². The van der Waals surface area contributed by atoms with E-state index in [1.807, 2.05) is 13.0 Å². The minimum absolute atomic E-state index is 0. The lowest BCUT2D eigenvalue weighted by Crippen LogP contribution is -2.44. The summed E-state index contributed by atoms with van der Waals surface area (Å²) in [5, 5.41) is 0. The molecule has 4 nitrogen and oxygen atoms in total. The zero-order valence-electron chi connectivity index (χ0n) is 12.4. The molecule has 3 N–H and O–H groups in total. The van der Waals surface area contributed by atoms with Gasteiger partial charge in [0.15, 0.2) is 0 Å². The second-order valence-electron chi connectivity index (χ2n) is 5.51. The Kier molecular flexibility index (Phi) is 7.13. The maximum atomic E-state index is 12.5. The van der Waals surface area contributed by atoms with E-state index in [4.69, 9.17) is 5.73 Å². The summed E-state index contributed by atoms with van der Waals surface area (Å²) in [6.45, 7) is 2.37. The Balaban J connectivity index is 0.00000220. The van der Waals surface area contributed by atoms with E-state index in [-0.39, 0.29) is 18.4 Å². The van der Waals surface area contributed by atoms with E-state index in [9.17, 15) is 8.42 Å². The van der Waals surface area contributed by atoms with E-state index in [1.165, 1.54) is 12.8 Å². The number of benzene rings is 1. The summed E-state index contributed by atoms with van der Waals surface area (Å²) in [7, 11) is -3.47. The highest BCUT2D eigenvalue weighted by Crippen LogP contribution is 2.28. The number of nitrogens with one attached hydrogen (secondary N) is 1. The van der Waals surface area contributed by atoms with Gasteiger partial charge in [0.25, 0.3) is 0 Å². The summed E-state index contributed by atoms with van der Waals surface area (Å²) in [6.07, 6.45) is 5.31. The van der Waals surface area contributed by atoms with Crippen molar-refractivity contribution < 1.29 is 8.42 Å². The zero-order valence-corrected chi connectivity index (χ0v) is 14.1. The Morgan fingerprint density at radius 1 is 1.33 bits per heavy atom. The molecule has 6 heteroatoms. The summed E-state index contributed by atoms with van der Waals surface area (Å²) in [6, 6.07) is 6.97. The molecule has 0 radical (unpaired) electrons. The van der Waals surface area contributed by atoms with Crippen LogP contribution in [0.25, 0.3) is 0 Å². The molecule has 1 aromatic carbocycles. The van der Waals surface area contributed by atoms with Gasteiger partial charge in [-0.15, -0.1) is 12.4 Å². The van der Waals surface area contributed by atoms with E-state index < -0.39 is 10.0 Å². The van der Waals surface area contributed by atoms with Crippen molar-refractivity contribution in [2.24, 2.45) is 11.7 Å². The van der Waals surface area contributed by atoms with Crippen molar-refractivity contribution in [2.75, 3.05) is 6.54 Å². The van der Waals surface area contributed by atoms with Crippen LogP contribution in [0, 0.1) is 5.92 Å². The van der Waals surface area contributed by atoms with Crippen molar-refractivity contribution in [3.63, 3.8) is 0 Å². The van der Waals surface area contributed by atoms with E-state index in [0.29, 0.717) is 17.4 Å². The van der Waals surface area contributed by atoms with Crippen molar-refractivity contribution in [1.82, 2.24) is 4.72 Å². The summed E-state index contributed by atoms with van der Waals surface area (Å²) in [4.78, 5) is 0.341. The summed E-state index contributed by atoms with van der Waals surface area (Å²) in [5.41, 5.74) is 6.79. The van der Waals surface area contributed by atoms with Crippen molar-refractivity contribution in [2.45, 2.75) is 50.0 Å². The van der Waals surface area contributed by atoms with Crippen LogP contribution in [0.1, 0.15) is 38.2 Å². The van der Waals surface area contributed by atoms with Crippen LogP contribution >= 0.6 is 12.4 Å². The van der Waals surface area contributed by atoms with Gasteiger partial charge in [-0.3, -0.25) is 0 Å². The van der Waals surface area contributed by atoms with Gasteiger partial charge in [-0.25, -0.2) is 13.1 Å². The van der Waals surface area contributed by atoms with E-state index >= 15 is 0 Å². The van der Waals surface area contributed by atoms with Crippen LogP contribution < -0.4 is 10.5 Å². The number of aryl methyl sites for hydroxylation is 1. The molecule has 1 aromatic rings. The molecule has 0 saturated heterocycles. The Hall–Kier alpha value is -0.620. The Morgan fingerprint density at radius 3 is 2.57 bits per heavy atom. The molecule has 2 rings (SSSR count). The molecule has 21 heavy (non-hydrogen) atoms. The smallest absolute Gasteiger partial charge is 0.240 e. The third-order valence-corrected chi connectivity index (χ3v) is 5.63. The number of nitrogens with two attached hydrogens (primary N) is 1. The van der Waals surface area contributed by atoms with E-state index in [1.54, 1.807) is 18.2 Å². The number of hydrogen-bond acceptors (Lipinski definition) is 3. The third kappa shape index (κ3) is 4.68. The normalized spacial score (nSPS) is 17.4. The molecule has 0 heterocycles. The van der Waals surface area contributed by atoms with Crippen LogP contribution in [-0.2, 0) is 16.4 Å². The third-order valence-electron chi connectivity index (χ3n) is 4.15. The summed E-state index contributed by atoms with van der Waals surface area (Å²) in [5.74, 6) is 0.379. The highest BCUT2D eigenvalue weighted by atomic mass is 35.5. The van der Waals surface area contributed by atoms with Gasteiger partial charge in [0, 0.05) is 12.6 Å². The average Bonchev–Trinajstić information content (AvgIpc) is 2.99. The van der Waals surface area contributed by atoms with Crippen LogP contribution in [0.5, 0.6) is 0 Å². The molecule has 0 aromatic heterocycles. The van der Waals surface area contributed by atoms with Gasteiger partial charge < -0.3 is 5.73 Å². The molecule has 1 atom stereocenters. The second kappa shape index (κ2) is 8.13. The minimum Gasteiger partial charge on any atom is -0.329 e. The number of sulfonamides is 1. The number of halogens is 1. The first kappa shape index (κ1) is 18.4. The highest BCUT2D eigenvalue weighted by molar-refractivity contribution is 7.89. The van der Waals surface area contributed by atoms with E-state index in [0.717, 1.165) is 24.8 Å². The van der Waals surface area contributed by atoms with Gasteiger partial charge in [0.2, 0.25) is 10.0 Å². The van der Waals surface area contributed by atoms with Crippen molar-refractivity contribution in [3.8, 4) is 0 Å². The largest absolute Gasteiger partial charge is 0.329 e. The monoisotopic (exact) mass is 332 g/mol. The predicted molar refractivity (Wildman–Crippen MR) is 88.2 cm³/mol. The molecule has 0 bridgehead atoms. The minimum atomic E-state index is -3.47. The lowest BCUT2D eigenvalue weighted by Gasteiger charge is -2.23. The molecule has 1 aliphatic rings. The first-order valence-corrected chi connectivity index (χ1v) is 8.86. The molecule has 1 saturated carbocycles. The number of rotatable bonds is 6. The maximum Gasteiger partial charge on any atom is 0.240 e. The fraction of sp³-hybridized carbons (Fsp3) is 0.600. The Morgan fingerprint density at radius 2 is 2.00 bits per heavy atom. The van der Waals surface area contributed by atoms with Crippen LogP contribution in [0.2, 0.25) is 0 Å². The van der Waals surface area contributed by atoms with Crippen LogP contribution in [-0.4, -0.2) is 21.0 Å². The second-order valence-corrected chi connectivity index (χ2v) is 7.22. The molecule has 120 valence electrons. The van der Waals surface area contributed by atoms with Gasteiger partial charge in [0.1, 0.15) is 0 Å². The molecule has 1 fully saturated rings. The average molecular weight is 333 g/mol. The quantitative estimate of drug-likeness (QED) is 0.840. The topological polar surface area (TPSA) is 72.2 Å². The van der Waals surface area contributed by atoms with Crippen molar-refractivity contribution in [3.05, 3.63) is 29.8 Å². The first-order chi connectivity index (χ1) is 9.56. The predicted octanol–water partition coefficient (Wildman–Crippen LogP) is 2.47. The van der Waals surface area contributed by atoms with Gasteiger partial charge in [0.05, 0.1) is 4.90 Å². The highest BCUT2D eigenvalue weighted by Gasteiger charge is 2.28. The molecule has 0 amide bonds. The summed E-state index contributed by atoms with van der Waals surface area (Å²) < 4.78 is 27.7. The fourth-order valence-corrected chi connectivity index (χ4v) is 4.28. The maximum absolute atomic E-state index is 12.5. The lowest BCUT2D eigenvalue weighted by molar-refractivity contribution is 0.405. The van der Waals surface area contributed by atoms with Gasteiger partial charge in [-0.2, -0.15) is 0 Å². The molecule has 1 aliphatic carbocycles. The standard InChI is InChI=1S/C15H24N2O2S.ClH/c1-2-12-6-5-9-14(10-12)20(18,19)17-15(11-16)13-7-3-4-8-13;/h5-6,9-10,13,15,17H,2-4,7-8,11,16H2,1H3;1H. The molecular formula is C15H25ClN2O2S. The molecule has 0 aliphatic heterocycles. The Labute approximate surface area is 134 Å². The Bertz CT molecular complexity index is 542. The van der Waals surface area contributed by atoms with Gasteiger partial charge in [-0.05, 0) is 42.9 Å². The van der Waals surface area contributed by atoms with E-state index in [2.05, 4.69) is 4.72 Å². The van der Waals surface area contributed by atoms with Crippen molar-refractivity contribution >= 4 is 22.4 Å². The lowest BCUT2D eigenvalue weighted by atomic mass is 9.99. The first-order valence-electron chi connectivity index (χ1n) is 7.38. The number of hydrogen-bond donors (Lipinski definition) is 2. The van der Waals surface area contributed by atoms with Crippen molar-refractivity contribution in [1.29, 1.82) is 0 Å². The SMILES string of the molecule is CCc1cccc(S(=O)(=O)NC(CN)C2CCCC2)c1.Cl. The molecular weight excluding hydrogens is 308 g/mol.